The first-order valence-electron chi connectivity index (χ1n) is 13.4. The van der Waals surface area contributed by atoms with Crippen molar-refractivity contribution in [1.82, 2.24) is 4.90 Å². The summed E-state index contributed by atoms with van der Waals surface area (Å²) in [6.45, 7) is 10.3. The van der Waals surface area contributed by atoms with E-state index in [9.17, 15) is 19.5 Å². The predicted molar refractivity (Wildman–Crippen MR) is 159 cm³/mol. The molecule has 39 heavy (non-hydrogen) atoms. The van der Waals surface area contributed by atoms with Gasteiger partial charge in [0.2, 0.25) is 5.91 Å². The van der Waals surface area contributed by atoms with Gasteiger partial charge in [-0.2, -0.15) is 0 Å². The molecule has 0 aromatic heterocycles. The quantitative estimate of drug-likeness (QED) is 0.143. The van der Waals surface area contributed by atoms with Crippen LogP contribution in [-0.4, -0.2) is 75.0 Å². The summed E-state index contributed by atoms with van der Waals surface area (Å²) >= 11 is 12.0. The molecular formula is C29H36BrClN2O5S. The Bertz CT molecular complexity index is 1110. The summed E-state index contributed by atoms with van der Waals surface area (Å²) in [7, 11) is 0. The number of aliphatic hydroxyl groups excluding tert-OH is 1. The molecule has 1 N–H and O–H groups in total. The molecular weight excluding hydrogens is 604 g/mol. The molecule has 0 aliphatic carbocycles. The average molecular weight is 640 g/mol. The van der Waals surface area contributed by atoms with Gasteiger partial charge in [-0.3, -0.25) is 14.4 Å². The molecule has 7 nitrogen and oxygen atoms in total. The van der Waals surface area contributed by atoms with Crippen molar-refractivity contribution in [2.24, 2.45) is 11.8 Å². The zero-order valence-electron chi connectivity index (χ0n) is 22.2. The number of nitrogens with zero attached hydrogens (tertiary/aromatic N) is 2. The van der Waals surface area contributed by atoms with Crippen LogP contribution in [0.2, 0.25) is 5.02 Å². The lowest BCUT2D eigenvalue weighted by Gasteiger charge is -2.38. The van der Waals surface area contributed by atoms with Gasteiger partial charge in [0.15, 0.2) is 0 Å². The third-order valence-electron chi connectivity index (χ3n) is 7.94. The number of benzene rings is 1. The van der Waals surface area contributed by atoms with Crippen molar-refractivity contribution >= 4 is 62.8 Å². The molecule has 3 unspecified atom stereocenters. The molecule has 0 radical (unpaired) electrons. The van der Waals surface area contributed by atoms with Gasteiger partial charge < -0.3 is 19.6 Å². The van der Waals surface area contributed by atoms with Gasteiger partial charge in [-0.1, -0.05) is 51.8 Å². The lowest BCUT2D eigenvalue weighted by molar-refractivity contribution is -0.154. The molecule has 1 aromatic carbocycles. The SMILES string of the molecule is C=CCCCOC(=O)[C@H]1[C@@H]2SC3(CC2Br)C(C(=O)N(CC=C)c2c(C)cccc2Cl)N(CCCCO)C(=O)[C@H]13. The number of allylic oxidation sites excluding steroid dienone is 1. The Hall–Kier alpha value is -1.81. The molecule has 3 aliphatic rings. The van der Waals surface area contributed by atoms with Crippen LogP contribution in [0.1, 0.15) is 37.7 Å². The minimum Gasteiger partial charge on any atom is -0.465 e. The largest absolute Gasteiger partial charge is 0.465 e. The number of hydrogen-bond acceptors (Lipinski definition) is 6. The van der Waals surface area contributed by atoms with Crippen LogP contribution in [0, 0.1) is 18.8 Å². The van der Waals surface area contributed by atoms with Crippen LogP contribution in [0.5, 0.6) is 0 Å². The topological polar surface area (TPSA) is 87.2 Å². The fourth-order valence-electron chi connectivity index (χ4n) is 6.34. The van der Waals surface area contributed by atoms with E-state index in [0.29, 0.717) is 42.9 Å². The third-order valence-corrected chi connectivity index (χ3v) is 11.5. The maximum Gasteiger partial charge on any atom is 0.310 e. The van der Waals surface area contributed by atoms with Crippen LogP contribution in [0.15, 0.2) is 43.5 Å². The van der Waals surface area contributed by atoms with Crippen molar-refractivity contribution in [1.29, 1.82) is 0 Å². The third kappa shape index (κ3) is 5.44. The molecule has 2 bridgehead atoms. The fraction of sp³-hybridized carbons (Fsp3) is 0.552. The van der Waals surface area contributed by atoms with E-state index < -0.39 is 22.6 Å². The second-order valence-corrected chi connectivity index (χ2v) is 13.5. The number of thioether (sulfide) groups is 1. The number of halogens is 2. The highest BCUT2D eigenvalue weighted by molar-refractivity contribution is 9.09. The number of likely N-dealkylation sites (tertiary alicyclic amines) is 1. The van der Waals surface area contributed by atoms with Crippen LogP contribution in [0.25, 0.3) is 0 Å². The highest BCUT2D eigenvalue weighted by Gasteiger charge is 2.76. The summed E-state index contributed by atoms with van der Waals surface area (Å²) < 4.78 is 4.86. The van der Waals surface area contributed by atoms with E-state index in [1.165, 1.54) is 0 Å². The normalized spacial score (nSPS) is 28.9. The van der Waals surface area contributed by atoms with Gasteiger partial charge >= 0.3 is 5.97 Å². The molecule has 4 rings (SSSR count). The molecule has 3 heterocycles. The number of para-hydroxylation sites is 1. The first-order chi connectivity index (χ1) is 18.7. The molecule has 3 aliphatic heterocycles. The molecule has 3 saturated heterocycles. The maximum atomic E-state index is 14.6. The van der Waals surface area contributed by atoms with Crippen molar-refractivity contribution in [2.75, 3.05) is 31.2 Å². The number of ether oxygens (including phenoxy) is 1. The lowest BCUT2D eigenvalue weighted by atomic mass is 9.71. The number of alkyl halides is 1. The predicted octanol–water partition coefficient (Wildman–Crippen LogP) is 4.91. The van der Waals surface area contributed by atoms with Gasteiger partial charge in [-0.25, -0.2) is 0 Å². The van der Waals surface area contributed by atoms with Crippen LogP contribution >= 0.6 is 39.3 Å². The Morgan fingerprint density at radius 2 is 2.08 bits per heavy atom. The standard InChI is InChI=1S/C29H36BrClN2O5S/c1-4-6-9-16-38-28(37)21-22-26(35)33(14-7-8-15-34)25(29(22)17-19(30)24(21)39-29)27(36)32(13-5-2)23-18(3)11-10-12-20(23)31/h4-5,10-12,19,21-22,24-25,34H,1-2,6-9,13-17H2,3H3/t19?,21-,22+,24-,25?,29?/m1/s1. The second-order valence-electron chi connectivity index (χ2n) is 10.4. The number of carbonyl (C=O) groups excluding carboxylic acids is 3. The highest BCUT2D eigenvalue weighted by Crippen LogP contribution is 2.68. The summed E-state index contributed by atoms with van der Waals surface area (Å²) in [6.07, 6.45) is 6.47. The van der Waals surface area contributed by atoms with Gasteiger partial charge in [0.25, 0.3) is 5.91 Å². The number of aryl methyl sites for hydroxylation is 1. The molecule has 212 valence electrons. The van der Waals surface area contributed by atoms with Gasteiger partial charge in [-0.05, 0) is 50.7 Å². The first kappa shape index (κ1) is 30.2. The number of fused-ring (bicyclic) bond motifs is 1. The minimum atomic E-state index is -0.794. The van der Waals surface area contributed by atoms with Crippen molar-refractivity contribution in [3.8, 4) is 0 Å². The summed E-state index contributed by atoms with van der Waals surface area (Å²) in [5.74, 6) is -2.11. The summed E-state index contributed by atoms with van der Waals surface area (Å²) in [5.41, 5.74) is 1.43. The van der Waals surface area contributed by atoms with Crippen LogP contribution in [0.3, 0.4) is 0 Å². The fourth-order valence-corrected chi connectivity index (χ4v) is 10.3. The minimum absolute atomic E-state index is 0.00339. The number of amides is 2. The van der Waals surface area contributed by atoms with Crippen molar-refractivity contribution < 1.29 is 24.2 Å². The number of aliphatic hydroxyl groups is 1. The molecule has 0 saturated carbocycles. The van der Waals surface area contributed by atoms with E-state index in [2.05, 4.69) is 29.1 Å². The van der Waals surface area contributed by atoms with E-state index in [0.717, 1.165) is 12.0 Å². The van der Waals surface area contributed by atoms with Crippen LogP contribution in [0.4, 0.5) is 5.69 Å². The first-order valence-corrected chi connectivity index (χ1v) is 15.6. The molecule has 1 spiro atoms. The summed E-state index contributed by atoms with van der Waals surface area (Å²) in [6, 6.07) is 4.68. The average Bonchev–Trinajstić information content (AvgIpc) is 3.49. The Morgan fingerprint density at radius 3 is 2.74 bits per heavy atom. The number of unbranched alkanes of at least 4 members (excludes halogenated alkanes) is 2. The number of esters is 1. The second kappa shape index (κ2) is 12.8. The van der Waals surface area contributed by atoms with Gasteiger partial charge in [0, 0.05) is 29.8 Å². The van der Waals surface area contributed by atoms with E-state index in [4.69, 9.17) is 16.3 Å². The zero-order chi connectivity index (χ0) is 28.3. The van der Waals surface area contributed by atoms with Crippen molar-refractivity contribution in [3.05, 3.63) is 54.1 Å². The number of anilines is 1. The van der Waals surface area contributed by atoms with Crippen LogP contribution in [-0.2, 0) is 19.1 Å². The zero-order valence-corrected chi connectivity index (χ0v) is 25.3. The smallest absolute Gasteiger partial charge is 0.310 e. The van der Waals surface area contributed by atoms with Gasteiger partial charge in [0.05, 0.1) is 33.9 Å². The Labute approximate surface area is 248 Å². The molecule has 10 heteroatoms. The van der Waals surface area contributed by atoms with E-state index >= 15 is 0 Å². The van der Waals surface area contributed by atoms with Crippen molar-refractivity contribution in [3.63, 3.8) is 0 Å². The van der Waals surface area contributed by atoms with Crippen LogP contribution < -0.4 is 4.90 Å². The Morgan fingerprint density at radius 1 is 1.31 bits per heavy atom. The monoisotopic (exact) mass is 638 g/mol. The number of rotatable bonds is 13. The van der Waals surface area contributed by atoms with E-state index in [1.807, 2.05) is 19.1 Å². The summed E-state index contributed by atoms with van der Waals surface area (Å²) in [5, 5.41) is 9.67. The molecule has 6 atom stereocenters. The number of hydrogen-bond donors (Lipinski definition) is 1. The molecule has 1 aromatic rings. The molecule has 3 fully saturated rings. The van der Waals surface area contributed by atoms with Gasteiger partial charge in [-0.15, -0.1) is 24.9 Å². The maximum absolute atomic E-state index is 14.6. The van der Waals surface area contributed by atoms with E-state index in [-0.39, 0.29) is 47.6 Å². The summed E-state index contributed by atoms with van der Waals surface area (Å²) in [4.78, 5) is 45.4. The van der Waals surface area contributed by atoms with Gasteiger partial charge in [0.1, 0.15) is 6.04 Å². The highest BCUT2D eigenvalue weighted by atomic mass is 79.9. The lowest BCUT2D eigenvalue weighted by Crippen LogP contribution is -2.55. The Kier molecular flexibility index (Phi) is 9.89. The number of carbonyl (C=O) groups is 3. The van der Waals surface area contributed by atoms with E-state index in [1.54, 1.807) is 39.8 Å². The Balaban J connectivity index is 1.74. The van der Waals surface area contributed by atoms with Crippen molar-refractivity contribution in [2.45, 2.75) is 59.9 Å². The molecule has 2 amide bonds.